The van der Waals surface area contributed by atoms with E-state index < -0.39 is 0 Å². The van der Waals surface area contributed by atoms with Gasteiger partial charge >= 0.3 is 0 Å². The maximum Gasteiger partial charge on any atom is 0.191 e. The zero-order chi connectivity index (χ0) is 16.7. The molecule has 0 bridgehead atoms. The highest BCUT2D eigenvalue weighted by Gasteiger charge is 2.10. The maximum absolute atomic E-state index is 13.7. The van der Waals surface area contributed by atoms with Gasteiger partial charge in [-0.2, -0.15) is 0 Å². The second kappa shape index (κ2) is 8.67. The largest absolute Gasteiger partial charge is 0.377 e. The van der Waals surface area contributed by atoms with Gasteiger partial charge in [0.25, 0.3) is 0 Å². The fourth-order valence-corrected chi connectivity index (χ4v) is 2.50. The van der Waals surface area contributed by atoms with Crippen LogP contribution in [0, 0.1) is 12.7 Å². The first-order chi connectivity index (χ1) is 11.1. The smallest absolute Gasteiger partial charge is 0.191 e. The average molecular weight is 319 g/mol. The van der Waals surface area contributed by atoms with Crippen molar-refractivity contribution >= 4 is 5.96 Å². The van der Waals surface area contributed by atoms with Crippen LogP contribution >= 0.6 is 0 Å². The van der Waals surface area contributed by atoms with E-state index in [2.05, 4.69) is 21.7 Å². The number of aliphatic imine (C=N–C) groups is 1. The van der Waals surface area contributed by atoms with Crippen molar-refractivity contribution in [2.24, 2.45) is 4.99 Å². The minimum absolute atomic E-state index is 0.0152. The highest BCUT2D eigenvalue weighted by molar-refractivity contribution is 5.80. The minimum Gasteiger partial charge on any atom is -0.377 e. The summed E-state index contributed by atoms with van der Waals surface area (Å²) in [5.74, 6) is 0.552. The van der Waals surface area contributed by atoms with E-state index in [0.29, 0.717) is 5.56 Å². The van der Waals surface area contributed by atoms with Crippen LogP contribution in [0.15, 0.2) is 34.8 Å². The predicted octanol–water partition coefficient (Wildman–Crippen LogP) is 3.10. The van der Waals surface area contributed by atoms with Gasteiger partial charge in [0.15, 0.2) is 5.96 Å². The summed E-state index contributed by atoms with van der Waals surface area (Å²) in [6, 6.07) is 5.30. The van der Waals surface area contributed by atoms with Crippen molar-refractivity contribution in [3.05, 3.63) is 46.8 Å². The monoisotopic (exact) mass is 319 g/mol. The SMILES string of the molecule is CN=C(NCCC1=CCOCC1)NC(C)c1ccc(C)c(F)c1. The van der Waals surface area contributed by atoms with Crippen LogP contribution < -0.4 is 10.6 Å². The third-order valence-electron chi connectivity index (χ3n) is 4.07. The summed E-state index contributed by atoms with van der Waals surface area (Å²) in [4.78, 5) is 4.23. The molecule has 1 unspecified atom stereocenters. The van der Waals surface area contributed by atoms with Crippen LogP contribution in [0.25, 0.3) is 0 Å². The van der Waals surface area contributed by atoms with Crippen molar-refractivity contribution in [2.45, 2.75) is 32.7 Å². The molecule has 126 valence electrons. The first-order valence-corrected chi connectivity index (χ1v) is 8.09. The highest BCUT2D eigenvalue weighted by Crippen LogP contribution is 2.16. The fourth-order valence-electron chi connectivity index (χ4n) is 2.50. The molecule has 0 amide bonds. The molecule has 0 radical (unpaired) electrons. The standard InChI is InChI=1S/C18H26FN3O/c1-13-4-5-16(12-17(13)19)14(2)22-18(20-3)21-9-6-15-7-10-23-11-8-15/h4-5,7,12,14H,6,8-11H2,1-3H3,(H2,20,21,22). The van der Waals surface area contributed by atoms with Crippen LogP contribution in [0.1, 0.15) is 36.9 Å². The average Bonchev–Trinajstić information content (AvgIpc) is 2.57. The summed E-state index contributed by atoms with van der Waals surface area (Å²) < 4.78 is 19.0. The van der Waals surface area contributed by atoms with Crippen molar-refractivity contribution in [3.8, 4) is 0 Å². The number of halogens is 1. The molecule has 1 heterocycles. The Balaban J connectivity index is 1.83. The Labute approximate surface area is 137 Å². The van der Waals surface area contributed by atoms with Crippen LogP contribution in [0.3, 0.4) is 0 Å². The normalized spacial score (nSPS) is 16.7. The third-order valence-corrected chi connectivity index (χ3v) is 4.07. The van der Waals surface area contributed by atoms with Gasteiger partial charge in [0, 0.05) is 13.6 Å². The lowest BCUT2D eigenvalue weighted by molar-refractivity contribution is 0.153. The molecule has 0 fully saturated rings. The molecule has 0 aromatic heterocycles. The number of nitrogens with one attached hydrogen (secondary N) is 2. The second-order valence-electron chi connectivity index (χ2n) is 5.81. The number of benzene rings is 1. The van der Waals surface area contributed by atoms with Crippen LogP contribution in [0.5, 0.6) is 0 Å². The Kier molecular flexibility index (Phi) is 6.59. The first kappa shape index (κ1) is 17.5. The summed E-state index contributed by atoms with van der Waals surface area (Å²) in [5, 5.41) is 6.60. The summed E-state index contributed by atoms with van der Waals surface area (Å²) in [6.07, 6.45) is 4.14. The van der Waals surface area contributed by atoms with Gasteiger partial charge in [0.1, 0.15) is 5.82 Å². The van der Waals surface area contributed by atoms with Gasteiger partial charge in [0.2, 0.25) is 0 Å². The molecule has 1 aliphatic rings. The summed E-state index contributed by atoms with van der Waals surface area (Å²) in [7, 11) is 1.74. The lowest BCUT2D eigenvalue weighted by Crippen LogP contribution is -2.39. The zero-order valence-electron chi connectivity index (χ0n) is 14.2. The summed E-state index contributed by atoms with van der Waals surface area (Å²) >= 11 is 0. The molecule has 1 aromatic rings. The number of aryl methyl sites for hydroxylation is 1. The molecule has 1 aromatic carbocycles. The van der Waals surface area contributed by atoms with Gasteiger partial charge < -0.3 is 15.4 Å². The molecule has 4 nitrogen and oxygen atoms in total. The van der Waals surface area contributed by atoms with Gasteiger partial charge in [0.05, 0.1) is 19.3 Å². The molecule has 2 N–H and O–H groups in total. The van der Waals surface area contributed by atoms with E-state index in [-0.39, 0.29) is 11.9 Å². The number of nitrogens with zero attached hydrogens (tertiary/aromatic N) is 1. The molecule has 2 rings (SSSR count). The van der Waals surface area contributed by atoms with Crippen LogP contribution in [-0.4, -0.2) is 32.8 Å². The van der Waals surface area contributed by atoms with Gasteiger partial charge in [-0.25, -0.2) is 4.39 Å². The van der Waals surface area contributed by atoms with Crippen molar-refractivity contribution < 1.29 is 9.13 Å². The Morgan fingerprint density at radius 1 is 1.43 bits per heavy atom. The lowest BCUT2D eigenvalue weighted by atomic mass is 10.1. The maximum atomic E-state index is 13.7. The van der Waals surface area contributed by atoms with Crippen LogP contribution in [0.2, 0.25) is 0 Å². The fraction of sp³-hybridized carbons (Fsp3) is 0.500. The topological polar surface area (TPSA) is 45.7 Å². The number of hydrogen-bond acceptors (Lipinski definition) is 2. The number of hydrogen-bond donors (Lipinski definition) is 2. The van der Waals surface area contributed by atoms with E-state index in [9.17, 15) is 4.39 Å². The molecule has 0 aliphatic carbocycles. The third kappa shape index (κ3) is 5.36. The molecule has 0 saturated heterocycles. The molecule has 5 heteroatoms. The van der Waals surface area contributed by atoms with Gasteiger partial charge in [-0.3, -0.25) is 4.99 Å². The predicted molar refractivity (Wildman–Crippen MR) is 92.2 cm³/mol. The quantitative estimate of drug-likeness (QED) is 0.498. The van der Waals surface area contributed by atoms with Gasteiger partial charge in [-0.05, 0) is 43.9 Å². The van der Waals surface area contributed by atoms with Gasteiger partial charge in [-0.15, -0.1) is 0 Å². The molecule has 1 aliphatic heterocycles. The number of guanidine groups is 1. The van der Waals surface area contributed by atoms with Crippen molar-refractivity contribution in [2.75, 3.05) is 26.8 Å². The van der Waals surface area contributed by atoms with Crippen molar-refractivity contribution in [1.29, 1.82) is 0 Å². The minimum atomic E-state index is -0.175. The summed E-state index contributed by atoms with van der Waals surface area (Å²) in [5.41, 5.74) is 2.99. The van der Waals surface area contributed by atoms with Gasteiger partial charge in [-0.1, -0.05) is 23.8 Å². The number of rotatable bonds is 5. The molecule has 23 heavy (non-hydrogen) atoms. The van der Waals surface area contributed by atoms with Crippen molar-refractivity contribution in [3.63, 3.8) is 0 Å². The Morgan fingerprint density at radius 3 is 2.91 bits per heavy atom. The second-order valence-corrected chi connectivity index (χ2v) is 5.81. The van der Waals surface area contributed by atoms with E-state index in [1.165, 1.54) is 5.57 Å². The molecule has 0 spiro atoms. The highest BCUT2D eigenvalue weighted by atomic mass is 19.1. The van der Waals surface area contributed by atoms with E-state index in [4.69, 9.17) is 4.74 Å². The summed E-state index contributed by atoms with van der Waals surface area (Å²) in [6.45, 7) is 6.12. The van der Waals surface area contributed by atoms with E-state index in [1.807, 2.05) is 13.0 Å². The van der Waals surface area contributed by atoms with E-state index >= 15 is 0 Å². The van der Waals surface area contributed by atoms with E-state index in [1.54, 1.807) is 26.1 Å². The Hall–Kier alpha value is -1.88. The molecular formula is C18H26FN3O. The Bertz CT molecular complexity index is 584. The number of ether oxygens (including phenoxy) is 1. The van der Waals surface area contributed by atoms with E-state index in [0.717, 1.165) is 44.1 Å². The zero-order valence-corrected chi connectivity index (χ0v) is 14.2. The molecule has 0 saturated carbocycles. The first-order valence-electron chi connectivity index (χ1n) is 8.09. The van der Waals surface area contributed by atoms with Crippen LogP contribution in [-0.2, 0) is 4.74 Å². The lowest BCUT2D eigenvalue weighted by Gasteiger charge is -2.19. The van der Waals surface area contributed by atoms with Crippen molar-refractivity contribution in [1.82, 2.24) is 10.6 Å². The Morgan fingerprint density at radius 2 is 2.26 bits per heavy atom. The molecular weight excluding hydrogens is 293 g/mol. The van der Waals surface area contributed by atoms with Crippen LogP contribution in [0.4, 0.5) is 4.39 Å². The molecule has 1 atom stereocenters.